The summed E-state index contributed by atoms with van der Waals surface area (Å²) in [7, 11) is 0. The van der Waals surface area contributed by atoms with E-state index in [0.29, 0.717) is 13.0 Å². The molecule has 4 heteroatoms. The second-order valence-corrected chi connectivity index (χ2v) is 9.05. The van der Waals surface area contributed by atoms with Crippen LogP contribution >= 0.6 is 11.8 Å². The lowest BCUT2D eigenvalue weighted by Crippen LogP contribution is -2.25. The van der Waals surface area contributed by atoms with Crippen molar-refractivity contribution in [1.82, 2.24) is 9.88 Å². The van der Waals surface area contributed by atoms with E-state index < -0.39 is 0 Å². The second kappa shape index (κ2) is 10.6. The number of carbonyl (C=O) groups excluding carboxylic acids is 1. The number of nitrogens with zero attached hydrogens (tertiary/aromatic N) is 1. The summed E-state index contributed by atoms with van der Waals surface area (Å²) >= 11 is 1.74. The number of carbonyl (C=O) groups is 1. The molecule has 3 nitrogen and oxygen atoms in total. The summed E-state index contributed by atoms with van der Waals surface area (Å²) in [4.78, 5) is 13.7. The summed E-state index contributed by atoms with van der Waals surface area (Å²) in [5.41, 5.74) is 6.33. The first-order chi connectivity index (χ1) is 15.6. The smallest absolute Gasteiger partial charge is 0.220 e. The van der Waals surface area contributed by atoms with Crippen LogP contribution in [0, 0.1) is 6.92 Å². The largest absolute Gasteiger partial charge is 0.356 e. The van der Waals surface area contributed by atoms with Gasteiger partial charge in [0.15, 0.2) is 0 Å². The standard InChI is InChI=1S/C28H30N2OS/c1-21-7-3-4-8-23(21)19-30-20-24(26-9-5-6-10-27(26)30)13-16-28(31)29-18-17-22-11-14-25(32-2)15-12-22/h3-12,14-15,20H,13,16-19H2,1-2H3,(H,29,31). The number of hydrogen-bond donors (Lipinski definition) is 1. The van der Waals surface area contributed by atoms with E-state index in [1.165, 1.54) is 38.1 Å². The lowest BCUT2D eigenvalue weighted by atomic mass is 10.1. The van der Waals surface area contributed by atoms with Gasteiger partial charge in [0.2, 0.25) is 5.91 Å². The molecular weight excluding hydrogens is 412 g/mol. The van der Waals surface area contributed by atoms with Gasteiger partial charge in [-0.2, -0.15) is 0 Å². The molecule has 0 spiro atoms. The van der Waals surface area contributed by atoms with Gasteiger partial charge in [-0.3, -0.25) is 4.79 Å². The molecule has 0 fully saturated rings. The Hall–Kier alpha value is -2.98. The lowest BCUT2D eigenvalue weighted by molar-refractivity contribution is -0.121. The van der Waals surface area contributed by atoms with Gasteiger partial charge in [0.05, 0.1) is 0 Å². The minimum absolute atomic E-state index is 0.112. The third-order valence-corrected chi connectivity index (χ3v) is 6.73. The van der Waals surface area contributed by atoms with Gasteiger partial charge in [-0.25, -0.2) is 0 Å². The molecule has 164 valence electrons. The number of nitrogens with one attached hydrogen (secondary N) is 1. The van der Waals surface area contributed by atoms with Crippen LogP contribution in [0.15, 0.2) is 83.9 Å². The molecule has 0 unspecified atom stereocenters. The van der Waals surface area contributed by atoms with E-state index in [4.69, 9.17) is 0 Å². The number of fused-ring (bicyclic) bond motifs is 1. The lowest BCUT2D eigenvalue weighted by Gasteiger charge is -2.08. The van der Waals surface area contributed by atoms with E-state index in [1.807, 2.05) is 0 Å². The number of thioether (sulfide) groups is 1. The Morgan fingerprint density at radius 1 is 0.906 bits per heavy atom. The number of aromatic nitrogens is 1. The van der Waals surface area contributed by atoms with Gasteiger partial charge in [-0.1, -0.05) is 54.6 Å². The summed E-state index contributed by atoms with van der Waals surface area (Å²) in [6.07, 6.45) is 6.41. The minimum atomic E-state index is 0.112. The number of aryl methyl sites for hydroxylation is 2. The maximum absolute atomic E-state index is 12.5. The van der Waals surface area contributed by atoms with Crippen molar-refractivity contribution < 1.29 is 4.79 Å². The molecule has 3 aromatic carbocycles. The molecule has 0 aliphatic rings. The molecular formula is C28H30N2OS. The monoisotopic (exact) mass is 442 g/mol. The fraction of sp³-hybridized carbons (Fsp3) is 0.250. The molecule has 1 N–H and O–H groups in total. The Kier molecular flexibility index (Phi) is 7.33. The van der Waals surface area contributed by atoms with Crippen molar-refractivity contribution in [3.05, 3.63) is 101 Å². The van der Waals surface area contributed by atoms with Crippen LogP contribution in [0.4, 0.5) is 0 Å². The molecule has 4 aromatic rings. The second-order valence-electron chi connectivity index (χ2n) is 8.17. The zero-order valence-corrected chi connectivity index (χ0v) is 19.6. The van der Waals surface area contributed by atoms with Gasteiger partial charge in [-0.05, 0) is 66.5 Å². The van der Waals surface area contributed by atoms with Crippen molar-refractivity contribution in [1.29, 1.82) is 0 Å². The summed E-state index contributed by atoms with van der Waals surface area (Å²) in [6, 6.07) is 25.5. The molecule has 0 bridgehead atoms. The van der Waals surface area contributed by atoms with Crippen molar-refractivity contribution in [3.63, 3.8) is 0 Å². The van der Waals surface area contributed by atoms with Gasteiger partial charge in [0.1, 0.15) is 0 Å². The maximum Gasteiger partial charge on any atom is 0.220 e. The highest BCUT2D eigenvalue weighted by Gasteiger charge is 2.11. The first kappa shape index (κ1) is 22.2. The van der Waals surface area contributed by atoms with Crippen molar-refractivity contribution in [2.24, 2.45) is 0 Å². The third-order valence-electron chi connectivity index (χ3n) is 5.99. The van der Waals surface area contributed by atoms with Crippen molar-refractivity contribution in [2.45, 2.75) is 37.6 Å². The molecule has 0 saturated heterocycles. The van der Waals surface area contributed by atoms with Crippen LogP contribution in [0.1, 0.15) is 28.7 Å². The van der Waals surface area contributed by atoms with E-state index in [2.05, 4.69) is 102 Å². The average molecular weight is 443 g/mol. The molecule has 1 heterocycles. The SMILES string of the molecule is CSc1ccc(CCNC(=O)CCc2cn(Cc3ccccc3C)c3ccccc23)cc1. The van der Waals surface area contributed by atoms with E-state index in [9.17, 15) is 4.79 Å². The number of para-hydroxylation sites is 1. The molecule has 0 aliphatic carbocycles. The number of rotatable bonds is 9. The Bertz CT molecular complexity index is 1190. The van der Waals surface area contributed by atoms with Crippen molar-refractivity contribution in [3.8, 4) is 0 Å². The van der Waals surface area contributed by atoms with E-state index >= 15 is 0 Å². The zero-order chi connectivity index (χ0) is 22.3. The topological polar surface area (TPSA) is 34.0 Å². The molecule has 1 amide bonds. The highest BCUT2D eigenvalue weighted by atomic mass is 32.2. The quantitative estimate of drug-likeness (QED) is 0.322. The van der Waals surface area contributed by atoms with Gasteiger partial charge < -0.3 is 9.88 Å². The van der Waals surface area contributed by atoms with Crippen LogP contribution in [0.3, 0.4) is 0 Å². The van der Waals surface area contributed by atoms with Crippen LogP contribution in [-0.2, 0) is 24.2 Å². The van der Waals surface area contributed by atoms with Crippen molar-refractivity contribution >= 4 is 28.6 Å². The summed E-state index contributed by atoms with van der Waals surface area (Å²) in [6.45, 7) is 3.67. The number of hydrogen-bond acceptors (Lipinski definition) is 2. The van der Waals surface area contributed by atoms with Crippen LogP contribution in [0.25, 0.3) is 10.9 Å². The van der Waals surface area contributed by atoms with Crippen LogP contribution in [-0.4, -0.2) is 23.3 Å². The predicted octanol–water partition coefficient (Wildman–Crippen LogP) is 6.01. The van der Waals surface area contributed by atoms with Gasteiger partial charge in [0, 0.05) is 41.5 Å². The van der Waals surface area contributed by atoms with Crippen molar-refractivity contribution in [2.75, 3.05) is 12.8 Å². The summed E-state index contributed by atoms with van der Waals surface area (Å²) in [5, 5.41) is 4.32. The fourth-order valence-electron chi connectivity index (χ4n) is 4.10. The Labute approximate surface area is 194 Å². The van der Waals surface area contributed by atoms with E-state index in [1.54, 1.807) is 11.8 Å². The highest BCUT2D eigenvalue weighted by molar-refractivity contribution is 7.98. The van der Waals surface area contributed by atoms with Crippen LogP contribution in [0.5, 0.6) is 0 Å². The Morgan fingerprint density at radius 2 is 1.66 bits per heavy atom. The third kappa shape index (κ3) is 5.43. The molecule has 32 heavy (non-hydrogen) atoms. The Balaban J connectivity index is 1.36. The molecule has 0 aliphatic heterocycles. The van der Waals surface area contributed by atoms with E-state index in [0.717, 1.165) is 19.4 Å². The van der Waals surface area contributed by atoms with Crippen LogP contribution < -0.4 is 5.32 Å². The average Bonchev–Trinajstić information content (AvgIpc) is 3.17. The molecule has 0 atom stereocenters. The predicted molar refractivity (Wildman–Crippen MR) is 135 cm³/mol. The highest BCUT2D eigenvalue weighted by Crippen LogP contribution is 2.24. The number of benzene rings is 3. The van der Waals surface area contributed by atoms with Gasteiger partial charge >= 0.3 is 0 Å². The van der Waals surface area contributed by atoms with Gasteiger partial charge in [0.25, 0.3) is 0 Å². The Morgan fingerprint density at radius 3 is 2.44 bits per heavy atom. The molecule has 1 aromatic heterocycles. The minimum Gasteiger partial charge on any atom is -0.356 e. The van der Waals surface area contributed by atoms with E-state index in [-0.39, 0.29) is 5.91 Å². The normalized spacial score (nSPS) is 11.1. The molecule has 0 saturated carbocycles. The fourth-order valence-corrected chi connectivity index (χ4v) is 4.51. The summed E-state index contributed by atoms with van der Waals surface area (Å²) < 4.78 is 2.31. The maximum atomic E-state index is 12.5. The number of amides is 1. The van der Waals surface area contributed by atoms with Gasteiger partial charge in [-0.15, -0.1) is 11.8 Å². The first-order valence-corrected chi connectivity index (χ1v) is 12.4. The molecule has 4 rings (SSSR count). The first-order valence-electron chi connectivity index (χ1n) is 11.1. The summed E-state index contributed by atoms with van der Waals surface area (Å²) in [5.74, 6) is 0.112. The zero-order valence-electron chi connectivity index (χ0n) is 18.8. The molecule has 0 radical (unpaired) electrons. The van der Waals surface area contributed by atoms with Crippen LogP contribution in [0.2, 0.25) is 0 Å².